The van der Waals surface area contributed by atoms with Gasteiger partial charge < -0.3 is 14.8 Å². The highest BCUT2D eigenvalue weighted by Gasteiger charge is 2.41. The second-order valence-electron chi connectivity index (χ2n) is 4.04. The van der Waals surface area contributed by atoms with Crippen molar-refractivity contribution in [2.45, 2.75) is 33.3 Å². The fraction of sp³-hybridized carbons (Fsp3) is 1.00. The van der Waals surface area contributed by atoms with Crippen LogP contribution in [-0.4, -0.2) is 39.0 Å². The molecule has 1 fully saturated rings. The van der Waals surface area contributed by atoms with Gasteiger partial charge in [-0.1, -0.05) is 6.92 Å². The van der Waals surface area contributed by atoms with Crippen molar-refractivity contribution in [1.29, 1.82) is 0 Å². The number of nitrogens with one attached hydrogen (secondary N) is 1. The molecule has 1 aliphatic rings. The van der Waals surface area contributed by atoms with E-state index in [1.165, 1.54) is 0 Å². The maximum atomic E-state index is 5.64. The summed E-state index contributed by atoms with van der Waals surface area (Å²) in [7, 11) is 0. The zero-order valence-corrected chi connectivity index (χ0v) is 9.64. The Morgan fingerprint density at radius 3 is 2.79 bits per heavy atom. The molecule has 0 bridgehead atoms. The largest absolute Gasteiger partial charge is 0.381 e. The quantitative estimate of drug-likeness (QED) is 0.705. The lowest BCUT2D eigenvalue weighted by Gasteiger charge is -2.32. The van der Waals surface area contributed by atoms with Gasteiger partial charge in [0, 0.05) is 25.2 Å². The highest BCUT2D eigenvalue weighted by Crippen LogP contribution is 2.34. The maximum absolute atomic E-state index is 5.64. The van der Waals surface area contributed by atoms with Crippen molar-refractivity contribution >= 4 is 0 Å². The van der Waals surface area contributed by atoms with E-state index in [0.717, 1.165) is 39.3 Å². The molecule has 2 atom stereocenters. The van der Waals surface area contributed by atoms with Crippen LogP contribution in [0, 0.1) is 5.41 Å². The van der Waals surface area contributed by atoms with Gasteiger partial charge in [-0.3, -0.25) is 0 Å². The zero-order chi connectivity index (χ0) is 10.4. The van der Waals surface area contributed by atoms with Gasteiger partial charge >= 0.3 is 0 Å². The molecule has 1 saturated heterocycles. The van der Waals surface area contributed by atoms with E-state index in [4.69, 9.17) is 9.47 Å². The molecule has 0 spiro atoms. The van der Waals surface area contributed by atoms with Crippen LogP contribution < -0.4 is 5.32 Å². The van der Waals surface area contributed by atoms with Crippen molar-refractivity contribution in [2.24, 2.45) is 5.41 Å². The van der Waals surface area contributed by atoms with Crippen LogP contribution in [0.5, 0.6) is 0 Å². The molecule has 0 aromatic heterocycles. The Morgan fingerprint density at radius 1 is 1.50 bits per heavy atom. The molecule has 1 heterocycles. The van der Waals surface area contributed by atoms with E-state index < -0.39 is 0 Å². The molecule has 0 radical (unpaired) electrons. The zero-order valence-electron chi connectivity index (χ0n) is 9.64. The van der Waals surface area contributed by atoms with Gasteiger partial charge in [-0.05, 0) is 26.8 Å². The molecule has 2 unspecified atom stereocenters. The van der Waals surface area contributed by atoms with E-state index in [9.17, 15) is 0 Å². The van der Waals surface area contributed by atoms with Crippen LogP contribution in [0.2, 0.25) is 0 Å². The highest BCUT2D eigenvalue weighted by atomic mass is 16.5. The first-order chi connectivity index (χ1) is 6.75. The number of ether oxygens (including phenoxy) is 2. The van der Waals surface area contributed by atoms with Crippen molar-refractivity contribution in [3.05, 3.63) is 0 Å². The van der Waals surface area contributed by atoms with Crippen molar-refractivity contribution < 1.29 is 9.47 Å². The van der Waals surface area contributed by atoms with Crippen LogP contribution in [-0.2, 0) is 9.47 Å². The van der Waals surface area contributed by atoms with E-state index in [-0.39, 0.29) is 5.41 Å². The second-order valence-corrected chi connectivity index (χ2v) is 4.04. The third kappa shape index (κ3) is 2.69. The summed E-state index contributed by atoms with van der Waals surface area (Å²) < 4.78 is 11.2. The monoisotopic (exact) mass is 201 g/mol. The Hall–Kier alpha value is -0.120. The third-order valence-corrected chi connectivity index (χ3v) is 3.15. The summed E-state index contributed by atoms with van der Waals surface area (Å²) in [4.78, 5) is 0. The van der Waals surface area contributed by atoms with Crippen molar-refractivity contribution in [2.75, 3.05) is 32.9 Å². The molecule has 0 saturated carbocycles. The average Bonchev–Trinajstić information content (AvgIpc) is 2.55. The molecular formula is C11H23NO2. The molecule has 1 rings (SSSR count). The molecule has 84 valence electrons. The predicted octanol–water partition coefficient (Wildman–Crippen LogP) is 1.43. The molecule has 1 aliphatic heterocycles. The SMILES string of the molecule is CCNCC1(COCC)CCOC1C. The molecule has 0 aromatic carbocycles. The van der Waals surface area contributed by atoms with Crippen LogP contribution in [0.3, 0.4) is 0 Å². The fourth-order valence-corrected chi connectivity index (χ4v) is 1.97. The molecule has 0 aliphatic carbocycles. The van der Waals surface area contributed by atoms with Crippen LogP contribution in [0.4, 0.5) is 0 Å². The first-order valence-corrected chi connectivity index (χ1v) is 5.65. The van der Waals surface area contributed by atoms with Gasteiger partial charge in [-0.2, -0.15) is 0 Å². The summed E-state index contributed by atoms with van der Waals surface area (Å²) in [5.41, 5.74) is 0.200. The average molecular weight is 201 g/mol. The van der Waals surface area contributed by atoms with Gasteiger partial charge in [0.25, 0.3) is 0 Å². The fourth-order valence-electron chi connectivity index (χ4n) is 1.97. The minimum atomic E-state index is 0.200. The van der Waals surface area contributed by atoms with Gasteiger partial charge in [0.1, 0.15) is 0 Å². The second kappa shape index (κ2) is 5.69. The number of hydrogen-bond acceptors (Lipinski definition) is 3. The van der Waals surface area contributed by atoms with Crippen LogP contribution in [0.1, 0.15) is 27.2 Å². The Balaban J connectivity index is 2.49. The lowest BCUT2D eigenvalue weighted by Crippen LogP contribution is -2.43. The summed E-state index contributed by atoms with van der Waals surface area (Å²) in [6, 6.07) is 0. The standard InChI is InChI=1S/C11H23NO2/c1-4-12-8-11(9-13-5-2)6-7-14-10(11)3/h10,12H,4-9H2,1-3H3. The predicted molar refractivity (Wildman–Crippen MR) is 57.5 cm³/mol. The van der Waals surface area contributed by atoms with E-state index in [0.29, 0.717) is 6.10 Å². The van der Waals surface area contributed by atoms with E-state index >= 15 is 0 Å². The van der Waals surface area contributed by atoms with E-state index in [1.807, 2.05) is 6.92 Å². The lowest BCUT2D eigenvalue weighted by molar-refractivity contribution is -0.00224. The molecule has 1 N–H and O–H groups in total. The van der Waals surface area contributed by atoms with Crippen LogP contribution >= 0.6 is 0 Å². The summed E-state index contributed by atoms with van der Waals surface area (Å²) in [6.07, 6.45) is 1.43. The van der Waals surface area contributed by atoms with Crippen LogP contribution in [0.25, 0.3) is 0 Å². The smallest absolute Gasteiger partial charge is 0.0638 e. The normalized spacial score (nSPS) is 32.4. The molecule has 14 heavy (non-hydrogen) atoms. The van der Waals surface area contributed by atoms with Crippen molar-refractivity contribution in [3.8, 4) is 0 Å². The first kappa shape index (κ1) is 12.0. The minimum Gasteiger partial charge on any atom is -0.381 e. The Morgan fingerprint density at radius 2 is 2.29 bits per heavy atom. The Kier molecular flexibility index (Phi) is 4.85. The molecule has 0 amide bonds. The van der Waals surface area contributed by atoms with Gasteiger partial charge in [0.15, 0.2) is 0 Å². The summed E-state index contributed by atoms with van der Waals surface area (Å²) in [5.74, 6) is 0. The van der Waals surface area contributed by atoms with Gasteiger partial charge in [0.2, 0.25) is 0 Å². The number of rotatable bonds is 6. The summed E-state index contributed by atoms with van der Waals surface area (Å²) in [6.45, 7) is 10.8. The maximum Gasteiger partial charge on any atom is 0.0638 e. The Bertz CT molecular complexity index is 153. The lowest BCUT2D eigenvalue weighted by atomic mass is 9.82. The van der Waals surface area contributed by atoms with Gasteiger partial charge in [0.05, 0.1) is 12.7 Å². The van der Waals surface area contributed by atoms with Gasteiger partial charge in [-0.25, -0.2) is 0 Å². The first-order valence-electron chi connectivity index (χ1n) is 5.65. The minimum absolute atomic E-state index is 0.200. The van der Waals surface area contributed by atoms with Crippen LogP contribution in [0.15, 0.2) is 0 Å². The third-order valence-electron chi connectivity index (χ3n) is 3.15. The highest BCUT2D eigenvalue weighted by molar-refractivity contribution is 4.91. The summed E-state index contributed by atoms with van der Waals surface area (Å²) >= 11 is 0. The molecule has 0 aromatic rings. The van der Waals surface area contributed by atoms with Crippen molar-refractivity contribution in [3.63, 3.8) is 0 Å². The molecule has 3 nitrogen and oxygen atoms in total. The molecule has 3 heteroatoms. The van der Waals surface area contributed by atoms with E-state index in [1.54, 1.807) is 0 Å². The van der Waals surface area contributed by atoms with Gasteiger partial charge in [-0.15, -0.1) is 0 Å². The van der Waals surface area contributed by atoms with Crippen molar-refractivity contribution in [1.82, 2.24) is 5.32 Å². The summed E-state index contributed by atoms with van der Waals surface area (Å²) in [5, 5.41) is 3.41. The Labute approximate surface area is 87.2 Å². The number of hydrogen-bond donors (Lipinski definition) is 1. The molecular weight excluding hydrogens is 178 g/mol. The van der Waals surface area contributed by atoms with E-state index in [2.05, 4.69) is 19.2 Å². The topological polar surface area (TPSA) is 30.5 Å².